The molecule has 6 aliphatic carbocycles. The van der Waals surface area contributed by atoms with E-state index < -0.39 is 69.1 Å². The number of alkyl halides is 2. The van der Waals surface area contributed by atoms with Gasteiger partial charge in [-0.05, 0) is 38.0 Å². The van der Waals surface area contributed by atoms with Crippen molar-refractivity contribution in [3.8, 4) is 0 Å². The maximum absolute atomic E-state index is 13.5. The number of fused-ring (bicyclic) bond motifs is 1. The lowest BCUT2D eigenvalue weighted by molar-refractivity contribution is -0.270. The lowest BCUT2D eigenvalue weighted by Crippen LogP contribution is -2.67. The molecule has 6 saturated carbocycles. The van der Waals surface area contributed by atoms with Crippen molar-refractivity contribution in [1.82, 2.24) is 0 Å². The third kappa shape index (κ3) is 4.30. The van der Waals surface area contributed by atoms with Crippen molar-refractivity contribution in [2.24, 2.45) is 23.7 Å². The highest BCUT2D eigenvalue weighted by Gasteiger charge is 2.67. The molecule has 0 aromatic heterocycles. The number of halogens is 2. The van der Waals surface area contributed by atoms with E-state index in [0.717, 1.165) is 6.42 Å². The van der Waals surface area contributed by atoms with Crippen LogP contribution in [0.1, 0.15) is 51.4 Å². The van der Waals surface area contributed by atoms with E-state index in [-0.39, 0.29) is 55.3 Å². The van der Waals surface area contributed by atoms with Crippen molar-refractivity contribution in [2.45, 2.75) is 85.6 Å². The average molecular weight is 581 g/mol. The predicted octanol–water partition coefficient (Wildman–Crippen LogP) is 0.863. The van der Waals surface area contributed by atoms with Crippen LogP contribution in [0.15, 0.2) is 0 Å². The first-order valence-electron chi connectivity index (χ1n) is 12.6. The van der Waals surface area contributed by atoms with Crippen molar-refractivity contribution >= 4 is 34.2 Å². The molecular weight excluding hydrogens is 554 g/mol. The number of hydrogen-bond acceptors (Lipinski definition) is 12. The van der Waals surface area contributed by atoms with Gasteiger partial charge in [-0.3, -0.25) is 9.35 Å². The minimum absolute atomic E-state index is 0.0271. The van der Waals surface area contributed by atoms with Gasteiger partial charge in [-0.25, -0.2) is 14.4 Å². The van der Waals surface area contributed by atoms with Crippen molar-refractivity contribution in [3.05, 3.63) is 0 Å². The van der Waals surface area contributed by atoms with Crippen LogP contribution in [0.2, 0.25) is 0 Å². The Morgan fingerprint density at radius 3 is 2.46 bits per heavy atom. The summed E-state index contributed by atoms with van der Waals surface area (Å²) in [6.45, 7) is -0.500. The van der Waals surface area contributed by atoms with Crippen molar-refractivity contribution in [1.29, 1.82) is 0 Å². The van der Waals surface area contributed by atoms with Crippen molar-refractivity contribution in [2.75, 3.05) is 6.61 Å². The molecule has 0 radical (unpaired) electrons. The van der Waals surface area contributed by atoms with E-state index in [2.05, 4.69) is 4.74 Å². The van der Waals surface area contributed by atoms with Crippen LogP contribution in [0.5, 0.6) is 0 Å². The van der Waals surface area contributed by atoms with Crippen LogP contribution in [0.3, 0.4) is 0 Å². The summed E-state index contributed by atoms with van der Waals surface area (Å²) in [6.07, 6.45) is -0.768. The summed E-state index contributed by atoms with van der Waals surface area (Å²) >= 11 is 0. The van der Waals surface area contributed by atoms with Gasteiger partial charge in [0.05, 0.1) is 17.1 Å². The molecule has 6 bridgehead atoms. The summed E-state index contributed by atoms with van der Waals surface area (Å²) < 4.78 is 83.0. The van der Waals surface area contributed by atoms with Gasteiger partial charge in [0, 0.05) is 31.1 Å². The number of rotatable bonds is 7. The molecule has 9 unspecified atom stereocenters. The molecule has 216 valence electrons. The highest BCUT2D eigenvalue weighted by atomic mass is 32.2. The number of hydrogen-bond donors (Lipinski definition) is 2. The average Bonchev–Trinajstić information content (AvgIpc) is 3.40. The fourth-order valence-corrected chi connectivity index (χ4v) is 8.64. The van der Waals surface area contributed by atoms with Crippen LogP contribution in [0, 0.1) is 23.7 Å². The molecule has 1 heterocycles. The number of aliphatic hydroxyl groups is 1. The van der Waals surface area contributed by atoms with Crippen LogP contribution in [-0.2, 0) is 48.2 Å². The molecule has 39 heavy (non-hydrogen) atoms. The number of esters is 3. The Morgan fingerprint density at radius 1 is 1.08 bits per heavy atom. The Bertz CT molecular complexity index is 1250. The molecule has 7 aliphatic rings. The second-order valence-corrected chi connectivity index (χ2v) is 13.4. The van der Waals surface area contributed by atoms with E-state index in [1.807, 2.05) is 0 Å². The molecule has 1 aliphatic heterocycles. The summed E-state index contributed by atoms with van der Waals surface area (Å²) in [5.74, 6) is -4.12. The Kier molecular flexibility index (Phi) is 5.70. The lowest BCUT2D eigenvalue weighted by Gasteiger charge is -2.63. The van der Waals surface area contributed by atoms with Gasteiger partial charge in [0.1, 0.15) is 24.4 Å². The third-order valence-corrected chi connectivity index (χ3v) is 9.97. The van der Waals surface area contributed by atoms with Gasteiger partial charge in [-0.1, -0.05) is 0 Å². The van der Waals surface area contributed by atoms with E-state index >= 15 is 0 Å². The highest BCUT2D eigenvalue weighted by Crippen LogP contribution is 2.62. The fraction of sp³-hybridized carbons (Fsp3) is 0.826. The summed E-state index contributed by atoms with van der Waals surface area (Å²) in [5.41, 5.74) is -4.03. The van der Waals surface area contributed by atoms with Gasteiger partial charge >= 0.3 is 39.4 Å². The minimum Gasteiger partial charge on any atom is -0.458 e. The predicted molar refractivity (Wildman–Crippen MR) is 116 cm³/mol. The molecule has 1 saturated heterocycles. The second-order valence-electron chi connectivity index (χ2n) is 12.0. The normalized spacial score (nSPS) is 43.3. The summed E-state index contributed by atoms with van der Waals surface area (Å²) in [4.78, 5) is 48.4. The van der Waals surface area contributed by atoms with E-state index in [1.54, 1.807) is 0 Å². The topological polar surface area (TPSA) is 189 Å². The van der Waals surface area contributed by atoms with E-state index in [4.69, 9.17) is 23.5 Å². The van der Waals surface area contributed by atoms with Crippen LogP contribution < -0.4 is 0 Å². The minimum atomic E-state index is -6.20. The largest absolute Gasteiger partial charge is 0.516 e. The number of carbonyl (C=O) groups is 4. The Hall–Kier alpha value is -2.43. The first-order valence-corrected chi connectivity index (χ1v) is 14.0. The van der Waals surface area contributed by atoms with Gasteiger partial charge in [-0.15, -0.1) is 0 Å². The zero-order valence-electron chi connectivity index (χ0n) is 20.4. The fourth-order valence-electron chi connectivity index (χ4n) is 8.39. The van der Waals surface area contributed by atoms with Gasteiger partial charge in [-0.2, -0.15) is 17.2 Å². The van der Waals surface area contributed by atoms with E-state index in [1.165, 1.54) is 0 Å². The Labute approximate surface area is 220 Å². The smallest absolute Gasteiger partial charge is 0.458 e. The van der Waals surface area contributed by atoms with Crippen molar-refractivity contribution in [3.63, 3.8) is 0 Å². The molecule has 16 heteroatoms. The zero-order valence-corrected chi connectivity index (χ0v) is 21.2. The SMILES string of the molecule is O=C(COC12CC3CC(O)(C1)CC(OC(=O)OC(=O)C(F)(F)S(=O)(=O)O)(C3)C2)OC1C2CC3C(=O)OC1C3C2. The molecule has 7 rings (SSSR count). The van der Waals surface area contributed by atoms with Crippen molar-refractivity contribution < 1.29 is 69.7 Å². The maximum atomic E-state index is 13.5. The molecule has 9 atom stereocenters. The Balaban J connectivity index is 1.10. The maximum Gasteiger partial charge on any atom is 0.516 e. The van der Waals surface area contributed by atoms with Crippen LogP contribution >= 0.6 is 0 Å². The first-order chi connectivity index (χ1) is 18.0. The molecule has 0 aromatic rings. The lowest BCUT2D eigenvalue weighted by atomic mass is 9.50. The second kappa shape index (κ2) is 8.30. The molecule has 0 amide bonds. The third-order valence-electron chi connectivity index (χ3n) is 9.15. The summed E-state index contributed by atoms with van der Waals surface area (Å²) in [7, 11) is -6.20. The van der Waals surface area contributed by atoms with Gasteiger partial charge in [0.25, 0.3) is 0 Å². The molecule has 2 N–H and O–H groups in total. The number of ether oxygens (including phenoxy) is 5. The first kappa shape index (κ1) is 26.8. The molecule has 0 spiro atoms. The van der Waals surface area contributed by atoms with E-state index in [9.17, 15) is 41.5 Å². The molecule has 0 aromatic carbocycles. The quantitative estimate of drug-likeness (QED) is 0.187. The van der Waals surface area contributed by atoms with Crippen LogP contribution in [-0.4, -0.2) is 83.0 Å². The molecule has 7 fully saturated rings. The summed E-state index contributed by atoms with van der Waals surface area (Å²) in [6, 6.07) is 0. The van der Waals surface area contributed by atoms with Gasteiger partial charge in [0.15, 0.2) is 0 Å². The summed E-state index contributed by atoms with van der Waals surface area (Å²) in [5, 5.41) is 5.75. The Morgan fingerprint density at radius 2 is 1.77 bits per heavy atom. The highest BCUT2D eigenvalue weighted by molar-refractivity contribution is 7.87. The monoisotopic (exact) mass is 580 g/mol. The van der Waals surface area contributed by atoms with Gasteiger partial charge in [0.2, 0.25) is 0 Å². The molecule has 13 nitrogen and oxygen atoms in total. The van der Waals surface area contributed by atoms with Crippen LogP contribution in [0.25, 0.3) is 0 Å². The zero-order chi connectivity index (χ0) is 28.2. The standard InChI is InChI=1S/C23H26F2O13S/c24-23(25,39(31,32)33)18(28)37-19(29)38-22-5-10-3-20(30,8-22)7-21(4-10,9-22)34-6-14(26)35-15-11-1-12-13(2-11)17(27)36-16(12)15/h10-13,15-16,30H,1-9H2,(H,31,32,33). The molecular formula is C23H26F2O13S. The van der Waals surface area contributed by atoms with Gasteiger partial charge < -0.3 is 28.8 Å². The van der Waals surface area contributed by atoms with E-state index in [0.29, 0.717) is 19.3 Å². The number of carbonyl (C=O) groups excluding carboxylic acids is 4. The van der Waals surface area contributed by atoms with Crippen LogP contribution in [0.4, 0.5) is 13.6 Å².